The highest BCUT2D eigenvalue weighted by Gasteiger charge is 2.12. The average molecular weight is 268 g/mol. The third-order valence-corrected chi connectivity index (χ3v) is 3.01. The van der Waals surface area contributed by atoms with E-state index in [0.29, 0.717) is 0 Å². The van der Waals surface area contributed by atoms with Gasteiger partial charge in [0.25, 0.3) is 0 Å². The van der Waals surface area contributed by atoms with Crippen LogP contribution in [-0.4, -0.2) is 16.1 Å². The van der Waals surface area contributed by atoms with Crippen LogP contribution in [0.5, 0.6) is 0 Å². The summed E-state index contributed by atoms with van der Waals surface area (Å²) in [5.41, 5.74) is 2.92. The van der Waals surface area contributed by atoms with Gasteiger partial charge in [0.1, 0.15) is 0 Å². The van der Waals surface area contributed by atoms with E-state index in [-0.39, 0.29) is 6.42 Å². The highest BCUT2D eigenvalue weighted by Crippen LogP contribution is 2.27. The SMILES string of the molecule is Cc1ccc2c(CC(=O)O)c(Br)[nH]c2c1. The summed E-state index contributed by atoms with van der Waals surface area (Å²) in [7, 11) is 0. The van der Waals surface area contributed by atoms with E-state index in [9.17, 15) is 4.79 Å². The van der Waals surface area contributed by atoms with Gasteiger partial charge in [0, 0.05) is 16.5 Å². The molecule has 1 aromatic heterocycles. The minimum absolute atomic E-state index is 0.0314. The van der Waals surface area contributed by atoms with Crippen molar-refractivity contribution in [3.63, 3.8) is 0 Å². The minimum Gasteiger partial charge on any atom is -0.481 e. The smallest absolute Gasteiger partial charge is 0.307 e. The van der Waals surface area contributed by atoms with E-state index in [1.807, 2.05) is 25.1 Å². The number of halogens is 1. The van der Waals surface area contributed by atoms with Crippen molar-refractivity contribution in [3.05, 3.63) is 33.9 Å². The summed E-state index contributed by atoms with van der Waals surface area (Å²) in [6.45, 7) is 2.01. The molecule has 0 bridgehead atoms. The number of aryl methyl sites for hydroxylation is 1. The van der Waals surface area contributed by atoms with Crippen LogP contribution < -0.4 is 0 Å². The lowest BCUT2D eigenvalue weighted by molar-refractivity contribution is -0.136. The highest BCUT2D eigenvalue weighted by atomic mass is 79.9. The van der Waals surface area contributed by atoms with Crippen LogP contribution in [0, 0.1) is 6.92 Å². The number of carboxylic acids is 1. The topological polar surface area (TPSA) is 53.1 Å². The van der Waals surface area contributed by atoms with Crippen molar-refractivity contribution in [2.45, 2.75) is 13.3 Å². The first kappa shape index (κ1) is 10.2. The third kappa shape index (κ3) is 1.90. The van der Waals surface area contributed by atoms with E-state index in [0.717, 1.165) is 26.6 Å². The summed E-state index contributed by atoms with van der Waals surface area (Å²) in [6.07, 6.45) is 0.0314. The van der Waals surface area contributed by atoms with Gasteiger partial charge in [-0.3, -0.25) is 4.79 Å². The molecule has 78 valence electrons. The zero-order valence-electron chi connectivity index (χ0n) is 8.17. The van der Waals surface area contributed by atoms with Gasteiger partial charge in [-0.1, -0.05) is 12.1 Å². The molecule has 0 aliphatic carbocycles. The van der Waals surface area contributed by atoms with Crippen molar-refractivity contribution < 1.29 is 9.90 Å². The fraction of sp³-hybridized carbons (Fsp3) is 0.182. The number of carboxylic acid groups (broad SMARTS) is 1. The number of aromatic amines is 1. The van der Waals surface area contributed by atoms with Crippen molar-refractivity contribution in [2.24, 2.45) is 0 Å². The molecule has 2 aromatic rings. The number of rotatable bonds is 2. The largest absolute Gasteiger partial charge is 0.481 e. The Balaban J connectivity index is 2.63. The molecule has 0 saturated carbocycles. The molecule has 2 rings (SSSR count). The maximum absolute atomic E-state index is 10.7. The summed E-state index contributed by atoms with van der Waals surface area (Å²) in [5, 5.41) is 9.76. The molecule has 3 nitrogen and oxygen atoms in total. The van der Waals surface area contributed by atoms with E-state index >= 15 is 0 Å². The predicted molar refractivity (Wildman–Crippen MR) is 62.1 cm³/mol. The van der Waals surface area contributed by atoms with Gasteiger partial charge in [0.15, 0.2) is 0 Å². The van der Waals surface area contributed by atoms with E-state index < -0.39 is 5.97 Å². The molecular weight excluding hydrogens is 258 g/mol. The average Bonchev–Trinajstić information content (AvgIpc) is 2.41. The highest BCUT2D eigenvalue weighted by molar-refractivity contribution is 9.10. The first-order chi connectivity index (χ1) is 7.08. The number of nitrogens with one attached hydrogen (secondary N) is 1. The van der Waals surface area contributed by atoms with E-state index in [2.05, 4.69) is 20.9 Å². The number of fused-ring (bicyclic) bond motifs is 1. The van der Waals surface area contributed by atoms with Crippen LogP contribution >= 0.6 is 15.9 Å². The summed E-state index contributed by atoms with van der Waals surface area (Å²) in [5.74, 6) is -0.822. The second kappa shape index (κ2) is 3.70. The lowest BCUT2D eigenvalue weighted by Gasteiger charge is -1.96. The van der Waals surface area contributed by atoms with Crippen LogP contribution in [0.25, 0.3) is 10.9 Å². The zero-order chi connectivity index (χ0) is 11.0. The van der Waals surface area contributed by atoms with Crippen LogP contribution in [0.2, 0.25) is 0 Å². The maximum atomic E-state index is 10.7. The lowest BCUT2D eigenvalue weighted by Crippen LogP contribution is -1.99. The Labute approximate surface area is 95.2 Å². The van der Waals surface area contributed by atoms with Gasteiger partial charge < -0.3 is 10.1 Å². The van der Waals surface area contributed by atoms with Crippen molar-refractivity contribution in [3.8, 4) is 0 Å². The van der Waals surface area contributed by atoms with Crippen molar-refractivity contribution in [2.75, 3.05) is 0 Å². The van der Waals surface area contributed by atoms with Gasteiger partial charge >= 0.3 is 5.97 Å². The number of hydrogen-bond donors (Lipinski definition) is 2. The van der Waals surface area contributed by atoms with Gasteiger partial charge in [-0.05, 0) is 34.5 Å². The summed E-state index contributed by atoms with van der Waals surface area (Å²) in [4.78, 5) is 13.8. The number of carbonyl (C=O) groups is 1. The summed E-state index contributed by atoms with van der Waals surface area (Å²) < 4.78 is 0.755. The Morgan fingerprint density at radius 1 is 1.53 bits per heavy atom. The first-order valence-corrected chi connectivity index (χ1v) is 5.35. The van der Waals surface area contributed by atoms with Crippen LogP contribution in [0.4, 0.5) is 0 Å². The molecule has 4 heteroatoms. The second-order valence-electron chi connectivity index (χ2n) is 3.54. The molecule has 0 unspecified atom stereocenters. The molecular formula is C11H10BrNO2. The van der Waals surface area contributed by atoms with Gasteiger partial charge in [-0.15, -0.1) is 0 Å². The number of aromatic nitrogens is 1. The fourth-order valence-electron chi connectivity index (χ4n) is 1.66. The molecule has 0 aliphatic heterocycles. The van der Waals surface area contributed by atoms with Crippen molar-refractivity contribution in [1.82, 2.24) is 4.98 Å². The van der Waals surface area contributed by atoms with Crippen LogP contribution in [-0.2, 0) is 11.2 Å². The van der Waals surface area contributed by atoms with Crippen LogP contribution in [0.15, 0.2) is 22.8 Å². The Kier molecular flexibility index (Phi) is 2.52. The van der Waals surface area contributed by atoms with Crippen molar-refractivity contribution >= 4 is 32.8 Å². The molecule has 1 heterocycles. The van der Waals surface area contributed by atoms with E-state index in [1.165, 1.54) is 0 Å². The van der Waals surface area contributed by atoms with E-state index in [4.69, 9.17) is 5.11 Å². The molecule has 1 aromatic carbocycles. The van der Waals surface area contributed by atoms with Crippen LogP contribution in [0.3, 0.4) is 0 Å². The Hall–Kier alpha value is -1.29. The number of H-pyrrole nitrogens is 1. The molecule has 0 spiro atoms. The van der Waals surface area contributed by atoms with Crippen molar-refractivity contribution in [1.29, 1.82) is 0 Å². The standard InChI is InChI=1S/C11H10BrNO2/c1-6-2-3-7-8(5-10(14)15)11(12)13-9(7)4-6/h2-4,13H,5H2,1H3,(H,14,15). The molecule has 0 radical (unpaired) electrons. The zero-order valence-corrected chi connectivity index (χ0v) is 9.76. The van der Waals surface area contributed by atoms with Crippen LogP contribution in [0.1, 0.15) is 11.1 Å². The molecule has 0 fully saturated rings. The third-order valence-electron chi connectivity index (χ3n) is 2.34. The lowest BCUT2D eigenvalue weighted by atomic mass is 10.1. The Morgan fingerprint density at radius 2 is 2.27 bits per heavy atom. The summed E-state index contributed by atoms with van der Waals surface area (Å²) >= 11 is 3.34. The molecule has 0 atom stereocenters. The molecule has 2 N–H and O–H groups in total. The monoisotopic (exact) mass is 267 g/mol. The first-order valence-electron chi connectivity index (χ1n) is 4.56. The number of aliphatic carboxylic acids is 1. The quantitative estimate of drug-likeness (QED) is 0.879. The van der Waals surface area contributed by atoms with Gasteiger partial charge in [0.05, 0.1) is 11.0 Å². The van der Waals surface area contributed by atoms with Gasteiger partial charge in [-0.2, -0.15) is 0 Å². The fourth-order valence-corrected chi connectivity index (χ4v) is 2.23. The predicted octanol–water partition coefficient (Wildman–Crippen LogP) is 2.87. The van der Waals surface area contributed by atoms with Gasteiger partial charge in [-0.25, -0.2) is 0 Å². The number of benzene rings is 1. The van der Waals surface area contributed by atoms with E-state index in [1.54, 1.807) is 0 Å². The van der Waals surface area contributed by atoms with Gasteiger partial charge in [0.2, 0.25) is 0 Å². The Bertz CT molecular complexity index is 531. The Morgan fingerprint density at radius 3 is 2.93 bits per heavy atom. The molecule has 0 saturated heterocycles. The minimum atomic E-state index is -0.822. The number of hydrogen-bond acceptors (Lipinski definition) is 1. The summed E-state index contributed by atoms with van der Waals surface area (Å²) in [6, 6.07) is 5.93. The molecule has 0 amide bonds. The molecule has 0 aliphatic rings. The maximum Gasteiger partial charge on any atom is 0.307 e. The molecule has 15 heavy (non-hydrogen) atoms. The second-order valence-corrected chi connectivity index (χ2v) is 4.33. The normalized spacial score (nSPS) is 10.8.